The Morgan fingerprint density at radius 3 is 1.57 bits per heavy atom. The highest BCUT2D eigenvalue weighted by Gasteiger charge is 2.34. The van der Waals surface area contributed by atoms with Gasteiger partial charge in [-0.3, -0.25) is 14.9 Å². The van der Waals surface area contributed by atoms with Crippen LogP contribution in [0.15, 0.2) is 75.2 Å². The summed E-state index contributed by atoms with van der Waals surface area (Å²) < 4.78 is 86.7. The zero-order valence-corrected chi connectivity index (χ0v) is 21.5. The topological polar surface area (TPSA) is 86.5 Å². The monoisotopic (exact) mass is 605 g/mol. The van der Waals surface area contributed by atoms with Crippen LogP contribution in [0.25, 0.3) is 28.7 Å². The number of rotatable bonds is 5. The molecular formula is C26H15Cl2F6NO5. The minimum absolute atomic E-state index is 0.0495. The van der Waals surface area contributed by atoms with Gasteiger partial charge < -0.3 is 8.83 Å². The molecule has 4 aromatic rings. The molecule has 0 saturated carbocycles. The molecule has 2 heterocycles. The first kappa shape index (κ1) is 30.5. The molecule has 0 aliphatic rings. The fraction of sp³-hybridized carbons (Fsp3) is 0.115. The third-order valence-electron chi connectivity index (χ3n) is 5.12. The molecule has 0 saturated heterocycles. The second-order valence-corrected chi connectivity index (χ2v) is 8.76. The van der Waals surface area contributed by atoms with E-state index in [-0.39, 0.29) is 44.9 Å². The normalized spacial score (nSPS) is 12.1. The van der Waals surface area contributed by atoms with Crippen molar-refractivity contribution in [2.75, 3.05) is 0 Å². The third kappa shape index (κ3) is 7.54. The maximum Gasteiger partial charge on any atom is 0.417 e. The number of benzene rings is 2. The number of hydrogen-bond donors (Lipinski definition) is 0. The smallest absolute Gasteiger partial charge is 0.417 e. The Morgan fingerprint density at radius 2 is 1.20 bits per heavy atom. The van der Waals surface area contributed by atoms with Gasteiger partial charge in [0.05, 0.1) is 32.2 Å². The van der Waals surface area contributed by atoms with Crippen LogP contribution in [0.2, 0.25) is 10.0 Å². The third-order valence-corrected chi connectivity index (χ3v) is 5.78. The number of hydrogen-bond acceptors (Lipinski definition) is 5. The van der Waals surface area contributed by atoms with E-state index in [0.29, 0.717) is 6.29 Å². The van der Waals surface area contributed by atoms with Gasteiger partial charge in [-0.1, -0.05) is 23.2 Å². The van der Waals surface area contributed by atoms with E-state index in [1.165, 1.54) is 49.4 Å². The van der Waals surface area contributed by atoms with Gasteiger partial charge in [0.2, 0.25) is 5.70 Å². The van der Waals surface area contributed by atoms with E-state index in [1.807, 2.05) is 0 Å². The Hall–Kier alpha value is -4.03. The van der Waals surface area contributed by atoms with Crippen LogP contribution in [-0.2, 0) is 12.4 Å². The lowest BCUT2D eigenvalue weighted by molar-refractivity contribution is -0.422. The molecule has 0 aliphatic carbocycles. The van der Waals surface area contributed by atoms with Crippen LogP contribution in [-0.4, -0.2) is 11.2 Å². The fourth-order valence-corrected chi connectivity index (χ4v) is 3.66. The summed E-state index contributed by atoms with van der Waals surface area (Å²) in [5, 5.41) is 9.74. The number of halogens is 8. The highest BCUT2D eigenvalue weighted by Crippen LogP contribution is 2.38. The number of nitrogens with zero attached hydrogens (tertiary/aromatic N) is 1. The lowest BCUT2D eigenvalue weighted by Gasteiger charge is -2.09. The average Bonchev–Trinajstić information content (AvgIpc) is 3.53. The number of aldehydes is 1. The first-order chi connectivity index (χ1) is 18.6. The molecule has 0 spiro atoms. The lowest BCUT2D eigenvalue weighted by Crippen LogP contribution is -2.05. The van der Waals surface area contributed by atoms with Crippen LogP contribution in [0.3, 0.4) is 0 Å². The van der Waals surface area contributed by atoms with Gasteiger partial charge in [-0.15, -0.1) is 0 Å². The predicted molar refractivity (Wildman–Crippen MR) is 134 cm³/mol. The van der Waals surface area contributed by atoms with Crippen molar-refractivity contribution in [3.05, 3.63) is 109 Å². The van der Waals surface area contributed by atoms with Crippen LogP contribution >= 0.6 is 23.2 Å². The van der Waals surface area contributed by atoms with E-state index in [9.17, 15) is 41.3 Å². The highest BCUT2D eigenvalue weighted by atomic mass is 35.5. The number of carbonyl (C=O) groups is 1. The first-order valence-electron chi connectivity index (χ1n) is 10.8. The van der Waals surface area contributed by atoms with Crippen LogP contribution in [0, 0.1) is 10.1 Å². The summed E-state index contributed by atoms with van der Waals surface area (Å²) in [7, 11) is 0. The second kappa shape index (κ2) is 12.0. The molecule has 210 valence electrons. The summed E-state index contributed by atoms with van der Waals surface area (Å²) in [5.74, 6) is 0.560. The zero-order valence-electron chi connectivity index (χ0n) is 19.9. The Morgan fingerprint density at radius 1 is 0.775 bits per heavy atom. The number of nitro groups is 1. The van der Waals surface area contributed by atoms with Gasteiger partial charge in [-0.25, -0.2) is 0 Å². The summed E-state index contributed by atoms with van der Waals surface area (Å²) in [5.41, 5.74) is -1.67. The van der Waals surface area contributed by atoms with Crippen LogP contribution in [0.4, 0.5) is 26.3 Å². The van der Waals surface area contributed by atoms with Gasteiger partial charge >= 0.3 is 12.4 Å². The van der Waals surface area contributed by atoms with E-state index in [4.69, 9.17) is 32.0 Å². The first-order valence-corrected chi connectivity index (χ1v) is 11.6. The predicted octanol–water partition coefficient (Wildman–Crippen LogP) is 9.69. The van der Waals surface area contributed by atoms with Crippen molar-refractivity contribution in [1.29, 1.82) is 0 Å². The average molecular weight is 606 g/mol. The summed E-state index contributed by atoms with van der Waals surface area (Å²) in [6.45, 7) is 1.28. The van der Waals surface area contributed by atoms with E-state index in [2.05, 4.69) is 0 Å². The molecule has 40 heavy (non-hydrogen) atoms. The molecule has 0 N–H and O–H groups in total. The van der Waals surface area contributed by atoms with Crippen molar-refractivity contribution in [3.63, 3.8) is 0 Å². The van der Waals surface area contributed by atoms with E-state index < -0.39 is 33.4 Å². The van der Waals surface area contributed by atoms with Crippen molar-refractivity contribution in [3.8, 4) is 22.6 Å². The second-order valence-electron chi connectivity index (χ2n) is 7.95. The Balaban J connectivity index is 0.000000225. The molecule has 0 radical (unpaired) electrons. The summed E-state index contributed by atoms with van der Waals surface area (Å²) in [6, 6.07) is 12.5. The zero-order chi connectivity index (χ0) is 29.8. The van der Waals surface area contributed by atoms with Gasteiger partial charge in [-0.2, -0.15) is 26.3 Å². The molecule has 0 bridgehead atoms. The van der Waals surface area contributed by atoms with E-state index >= 15 is 0 Å². The minimum Gasteiger partial charge on any atom is -0.456 e. The van der Waals surface area contributed by atoms with Crippen molar-refractivity contribution < 1.29 is 44.9 Å². The molecule has 0 aliphatic heterocycles. The molecule has 2 aromatic carbocycles. The molecule has 4 rings (SSSR count). The Kier molecular flexibility index (Phi) is 9.16. The van der Waals surface area contributed by atoms with E-state index in [0.717, 1.165) is 24.3 Å². The Labute approximate surface area is 231 Å². The van der Waals surface area contributed by atoms with Gasteiger partial charge in [0.1, 0.15) is 17.3 Å². The maximum absolute atomic E-state index is 12.8. The number of furan rings is 2. The quantitative estimate of drug-likeness (QED) is 0.0977. The van der Waals surface area contributed by atoms with Crippen molar-refractivity contribution in [1.82, 2.24) is 0 Å². The van der Waals surface area contributed by atoms with Crippen molar-refractivity contribution in [2.24, 2.45) is 0 Å². The van der Waals surface area contributed by atoms with Crippen molar-refractivity contribution in [2.45, 2.75) is 19.3 Å². The van der Waals surface area contributed by atoms with Crippen molar-refractivity contribution >= 4 is 35.6 Å². The molecule has 2 aromatic heterocycles. The number of allylic oxidation sites excluding steroid dienone is 1. The summed E-state index contributed by atoms with van der Waals surface area (Å²) in [6.07, 6.45) is -7.45. The number of carbonyl (C=O) groups excluding carboxylic acids is 1. The summed E-state index contributed by atoms with van der Waals surface area (Å²) >= 11 is 11.0. The fourth-order valence-electron chi connectivity index (χ4n) is 3.21. The van der Waals surface area contributed by atoms with Gasteiger partial charge in [-0.05, 0) is 60.7 Å². The lowest BCUT2D eigenvalue weighted by atomic mass is 10.1. The Bertz CT molecular complexity index is 1570. The van der Waals surface area contributed by atoms with Crippen LogP contribution < -0.4 is 0 Å². The van der Waals surface area contributed by atoms with E-state index in [1.54, 1.807) is 0 Å². The van der Waals surface area contributed by atoms with Gasteiger partial charge in [0.25, 0.3) is 0 Å². The molecule has 0 atom stereocenters. The largest absolute Gasteiger partial charge is 0.456 e. The molecular weight excluding hydrogens is 591 g/mol. The van der Waals surface area contributed by atoms with Gasteiger partial charge in [0.15, 0.2) is 12.0 Å². The molecule has 14 heteroatoms. The maximum atomic E-state index is 12.8. The molecule has 0 amide bonds. The molecule has 6 nitrogen and oxygen atoms in total. The molecule has 0 fully saturated rings. The SMILES string of the molecule is C/C(=C\c1ccc(-c2ccc(Cl)c(C(F)(F)F)c2)o1)[N+](=O)[O-].O=Cc1ccc(-c2ccc(Cl)c(C(F)(F)F)c2)o1. The minimum atomic E-state index is -4.58. The van der Waals surface area contributed by atoms with Crippen LogP contribution in [0.5, 0.6) is 0 Å². The van der Waals surface area contributed by atoms with Crippen LogP contribution in [0.1, 0.15) is 34.4 Å². The summed E-state index contributed by atoms with van der Waals surface area (Å²) in [4.78, 5) is 20.4. The number of alkyl halides is 6. The highest BCUT2D eigenvalue weighted by molar-refractivity contribution is 6.31. The molecule has 0 unspecified atom stereocenters. The van der Waals surface area contributed by atoms with Gasteiger partial charge in [0, 0.05) is 18.1 Å². The standard InChI is InChI=1S/C14H9ClF3NO3.C12H6ClF3O2/c1-8(19(20)21)6-10-3-5-13(22-10)9-2-4-12(15)11(7-9)14(16,17)18;13-10-3-1-7(5-9(10)12(14,15)16)11-4-2-8(6-17)18-11/h2-7H,1H3;1-6H/b8-6+;.